The van der Waals surface area contributed by atoms with Crippen LogP contribution in [0.3, 0.4) is 0 Å². The number of rotatable bonds is 4. The first-order valence-electron chi connectivity index (χ1n) is 10.4. The fourth-order valence-corrected chi connectivity index (χ4v) is 4.53. The molecule has 6 nitrogen and oxygen atoms in total. The number of benzene rings is 1. The summed E-state index contributed by atoms with van der Waals surface area (Å²) in [4.78, 5) is 29.6. The summed E-state index contributed by atoms with van der Waals surface area (Å²) >= 11 is 0. The average Bonchev–Trinajstić information content (AvgIpc) is 2.96. The second-order valence-corrected chi connectivity index (χ2v) is 7.94. The second kappa shape index (κ2) is 8.30. The first kappa shape index (κ1) is 18.3. The highest BCUT2D eigenvalue weighted by Gasteiger charge is 2.34. The van der Waals surface area contributed by atoms with E-state index in [0.717, 1.165) is 56.8 Å². The molecule has 1 atom stereocenters. The molecule has 6 heteroatoms. The van der Waals surface area contributed by atoms with Gasteiger partial charge in [0, 0.05) is 25.2 Å². The second-order valence-electron chi connectivity index (χ2n) is 7.94. The van der Waals surface area contributed by atoms with E-state index < -0.39 is 0 Å². The van der Waals surface area contributed by atoms with Gasteiger partial charge in [-0.25, -0.2) is 0 Å². The molecule has 2 amide bonds. The molecule has 0 aromatic heterocycles. The molecule has 0 aliphatic carbocycles. The summed E-state index contributed by atoms with van der Waals surface area (Å²) in [7, 11) is 0. The largest absolute Gasteiger partial charge is 0.358 e. The summed E-state index contributed by atoms with van der Waals surface area (Å²) in [6.07, 6.45) is 8.28. The van der Waals surface area contributed by atoms with Crippen LogP contribution >= 0.6 is 0 Å². The van der Waals surface area contributed by atoms with E-state index in [-0.39, 0.29) is 17.9 Å². The molecule has 2 N–H and O–H groups in total. The van der Waals surface area contributed by atoms with E-state index >= 15 is 0 Å². The summed E-state index contributed by atoms with van der Waals surface area (Å²) in [5, 5.41) is 6.03. The van der Waals surface area contributed by atoms with E-state index in [2.05, 4.69) is 20.4 Å². The Kier molecular flexibility index (Phi) is 5.62. The zero-order chi connectivity index (χ0) is 18.6. The van der Waals surface area contributed by atoms with Crippen molar-refractivity contribution in [2.24, 2.45) is 0 Å². The lowest BCUT2D eigenvalue weighted by atomic mass is 9.97. The SMILES string of the molecule is O=C(NCCN1CCCCCC1)c1ccc2c(c1)NC(=O)[C@H]1CCCCN21. The van der Waals surface area contributed by atoms with Gasteiger partial charge in [-0.2, -0.15) is 0 Å². The summed E-state index contributed by atoms with van der Waals surface area (Å²) in [5.74, 6) is -0.0106. The van der Waals surface area contributed by atoms with Crippen LogP contribution in [0.4, 0.5) is 11.4 Å². The highest BCUT2D eigenvalue weighted by Crippen LogP contribution is 2.36. The van der Waals surface area contributed by atoms with Crippen molar-refractivity contribution in [3.8, 4) is 0 Å². The van der Waals surface area contributed by atoms with E-state index in [0.29, 0.717) is 12.1 Å². The number of likely N-dealkylation sites (tertiary alicyclic amines) is 1. The van der Waals surface area contributed by atoms with Crippen LogP contribution in [-0.2, 0) is 4.79 Å². The summed E-state index contributed by atoms with van der Waals surface area (Å²) < 4.78 is 0. The molecule has 0 radical (unpaired) electrons. The van der Waals surface area contributed by atoms with Crippen molar-refractivity contribution >= 4 is 23.2 Å². The zero-order valence-electron chi connectivity index (χ0n) is 16.0. The topological polar surface area (TPSA) is 64.7 Å². The van der Waals surface area contributed by atoms with Crippen LogP contribution in [0.5, 0.6) is 0 Å². The van der Waals surface area contributed by atoms with Crippen molar-refractivity contribution in [1.82, 2.24) is 10.2 Å². The van der Waals surface area contributed by atoms with E-state index in [1.807, 2.05) is 18.2 Å². The first-order chi connectivity index (χ1) is 13.2. The molecule has 27 heavy (non-hydrogen) atoms. The van der Waals surface area contributed by atoms with Crippen LogP contribution in [-0.4, -0.2) is 55.5 Å². The van der Waals surface area contributed by atoms with Gasteiger partial charge in [-0.3, -0.25) is 9.59 Å². The minimum absolute atomic E-state index is 0.0560. The maximum Gasteiger partial charge on any atom is 0.251 e. The summed E-state index contributed by atoms with van der Waals surface area (Å²) in [5.41, 5.74) is 2.42. The monoisotopic (exact) mass is 370 g/mol. The van der Waals surface area contributed by atoms with Crippen LogP contribution in [0.25, 0.3) is 0 Å². The molecule has 3 heterocycles. The van der Waals surface area contributed by atoms with Gasteiger partial charge in [-0.15, -0.1) is 0 Å². The normalized spacial score (nSPS) is 23.0. The van der Waals surface area contributed by atoms with Crippen molar-refractivity contribution in [1.29, 1.82) is 0 Å². The lowest BCUT2D eigenvalue weighted by Gasteiger charge is -2.41. The number of hydrogen-bond acceptors (Lipinski definition) is 4. The van der Waals surface area contributed by atoms with Crippen LogP contribution in [0.15, 0.2) is 18.2 Å². The average molecular weight is 370 g/mol. The number of carbonyl (C=O) groups excluding carboxylic acids is 2. The summed E-state index contributed by atoms with van der Waals surface area (Å²) in [6.45, 7) is 4.75. The van der Waals surface area contributed by atoms with Gasteiger partial charge in [0.05, 0.1) is 11.4 Å². The van der Waals surface area contributed by atoms with Crippen molar-refractivity contribution in [3.05, 3.63) is 23.8 Å². The Morgan fingerprint density at radius 1 is 1.07 bits per heavy atom. The van der Waals surface area contributed by atoms with E-state index in [1.165, 1.54) is 25.7 Å². The Labute approximate surface area is 161 Å². The van der Waals surface area contributed by atoms with Crippen LogP contribution in [0, 0.1) is 0 Å². The first-order valence-corrected chi connectivity index (χ1v) is 10.4. The third-order valence-electron chi connectivity index (χ3n) is 6.04. The quantitative estimate of drug-likeness (QED) is 0.855. The van der Waals surface area contributed by atoms with Gasteiger partial charge in [-0.05, 0) is 63.4 Å². The number of amides is 2. The van der Waals surface area contributed by atoms with Crippen LogP contribution in [0.1, 0.15) is 55.3 Å². The van der Waals surface area contributed by atoms with Gasteiger partial charge in [-0.1, -0.05) is 12.8 Å². The minimum Gasteiger partial charge on any atom is -0.358 e. The smallest absolute Gasteiger partial charge is 0.251 e. The third kappa shape index (κ3) is 4.10. The fraction of sp³-hybridized carbons (Fsp3) is 0.619. The van der Waals surface area contributed by atoms with Crippen molar-refractivity contribution in [2.75, 3.05) is 42.9 Å². The molecule has 1 aromatic carbocycles. The van der Waals surface area contributed by atoms with Crippen LogP contribution in [0.2, 0.25) is 0 Å². The minimum atomic E-state index is -0.0670. The highest BCUT2D eigenvalue weighted by atomic mass is 16.2. The summed E-state index contributed by atoms with van der Waals surface area (Å²) in [6, 6.07) is 5.62. The maximum absolute atomic E-state index is 12.5. The molecule has 2 fully saturated rings. The van der Waals surface area contributed by atoms with Gasteiger partial charge >= 0.3 is 0 Å². The predicted octanol–water partition coefficient (Wildman–Crippen LogP) is 2.60. The maximum atomic E-state index is 12.5. The zero-order valence-corrected chi connectivity index (χ0v) is 16.0. The van der Waals surface area contributed by atoms with Gasteiger partial charge in [0.2, 0.25) is 5.91 Å². The van der Waals surface area contributed by atoms with E-state index in [4.69, 9.17) is 0 Å². The van der Waals surface area contributed by atoms with Crippen molar-refractivity contribution in [2.45, 2.75) is 51.0 Å². The predicted molar refractivity (Wildman–Crippen MR) is 107 cm³/mol. The molecule has 4 rings (SSSR count). The molecule has 0 saturated carbocycles. The van der Waals surface area contributed by atoms with Crippen LogP contribution < -0.4 is 15.5 Å². The van der Waals surface area contributed by atoms with Crippen molar-refractivity contribution < 1.29 is 9.59 Å². The molecule has 3 aliphatic rings. The lowest BCUT2D eigenvalue weighted by molar-refractivity contribution is -0.118. The Morgan fingerprint density at radius 3 is 2.67 bits per heavy atom. The number of anilines is 2. The standard InChI is InChI=1S/C21H30N4O2/c26-20(22-10-14-24-11-4-1-2-5-12-24)16-8-9-18-17(15-16)23-21(27)19-7-3-6-13-25(18)19/h8-9,15,19H,1-7,10-14H2,(H,22,26)(H,23,27)/t19-/m1/s1. The molecule has 0 bridgehead atoms. The third-order valence-corrected chi connectivity index (χ3v) is 6.04. The molecule has 2 saturated heterocycles. The lowest BCUT2D eigenvalue weighted by Crippen LogP contribution is -2.50. The van der Waals surface area contributed by atoms with E-state index in [9.17, 15) is 9.59 Å². The fourth-order valence-electron chi connectivity index (χ4n) is 4.53. The highest BCUT2D eigenvalue weighted by molar-refractivity contribution is 6.05. The molecular formula is C21H30N4O2. The van der Waals surface area contributed by atoms with Gasteiger partial charge < -0.3 is 20.4 Å². The number of fused-ring (bicyclic) bond motifs is 3. The molecular weight excluding hydrogens is 340 g/mol. The Bertz CT molecular complexity index is 697. The van der Waals surface area contributed by atoms with Gasteiger partial charge in [0.15, 0.2) is 0 Å². The number of nitrogens with zero attached hydrogens (tertiary/aromatic N) is 2. The molecule has 0 spiro atoms. The molecule has 0 unspecified atom stereocenters. The van der Waals surface area contributed by atoms with Crippen molar-refractivity contribution in [3.63, 3.8) is 0 Å². The molecule has 1 aromatic rings. The Morgan fingerprint density at radius 2 is 1.85 bits per heavy atom. The number of hydrogen-bond donors (Lipinski definition) is 2. The Balaban J connectivity index is 1.37. The molecule has 146 valence electrons. The number of piperidine rings is 1. The Hall–Kier alpha value is -2.08. The van der Waals surface area contributed by atoms with E-state index in [1.54, 1.807) is 0 Å². The van der Waals surface area contributed by atoms with Gasteiger partial charge in [0.25, 0.3) is 5.91 Å². The number of carbonyl (C=O) groups is 2. The molecule has 3 aliphatic heterocycles. The van der Waals surface area contributed by atoms with Gasteiger partial charge in [0.1, 0.15) is 6.04 Å². The number of nitrogens with one attached hydrogen (secondary N) is 2.